The fourth-order valence-electron chi connectivity index (χ4n) is 2.59. The van der Waals surface area contributed by atoms with Crippen molar-refractivity contribution in [1.82, 2.24) is 9.97 Å². The third kappa shape index (κ3) is 3.13. The number of halogens is 1. The monoisotopic (exact) mass is 361 g/mol. The molecule has 0 aliphatic heterocycles. The Morgan fingerprint density at radius 1 is 1.08 bits per heavy atom. The van der Waals surface area contributed by atoms with Gasteiger partial charge in [0.1, 0.15) is 5.52 Å². The fourth-order valence-corrected chi connectivity index (χ4v) is 3.69. The zero-order chi connectivity index (χ0) is 17.3. The van der Waals surface area contributed by atoms with E-state index in [1.54, 1.807) is 36.4 Å². The molecule has 2 aromatic carbocycles. The fraction of sp³-hybridized carbons (Fsp3) is 0.176. The number of para-hydroxylation sites is 1. The zero-order valence-corrected chi connectivity index (χ0v) is 14.6. The Hall–Kier alpha value is -2.02. The number of nitrogens with two attached hydrogens (primary N) is 1. The highest BCUT2D eigenvalue weighted by Gasteiger charge is 2.19. The van der Waals surface area contributed by atoms with Gasteiger partial charge in [-0.2, -0.15) is 0 Å². The average molecular weight is 362 g/mol. The molecule has 0 spiro atoms. The quantitative estimate of drug-likeness (QED) is 0.772. The minimum Gasteiger partial charge on any atom is -0.330 e. The molecule has 0 fully saturated rings. The zero-order valence-electron chi connectivity index (χ0n) is 13.0. The molecule has 0 aliphatic rings. The van der Waals surface area contributed by atoms with Crippen molar-refractivity contribution in [2.75, 3.05) is 12.8 Å². The van der Waals surface area contributed by atoms with Crippen molar-refractivity contribution in [2.45, 2.75) is 11.3 Å². The molecule has 0 saturated heterocycles. The molecule has 3 rings (SSSR count). The smallest absolute Gasteiger partial charge is 0.176 e. The highest BCUT2D eigenvalue weighted by Crippen LogP contribution is 2.31. The Morgan fingerprint density at radius 2 is 1.83 bits per heavy atom. The van der Waals surface area contributed by atoms with Gasteiger partial charge < -0.3 is 5.73 Å². The van der Waals surface area contributed by atoms with E-state index in [1.165, 1.54) is 6.26 Å². The molecule has 0 bridgehead atoms. The maximum atomic E-state index is 12.1. The second-order valence-corrected chi connectivity index (χ2v) is 7.82. The summed E-state index contributed by atoms with van der Waals surface area (Å²) < 4.78 is 24.3. The van der Waals surface area contributed by atoms with Crippen molar-refractivity contribution < 1.29 is 8.42 Å². The van der Waals surface area contributed by atoms with Crippen molar-refractivity contribution in [3.05, 3.63) is 53.2 Å². The van der Waals surface area contributed by atoms with E-state index in [4.69, 9.17) is 17.3 Å². The summed E-state index contributed by atoms with van der Waals surface area (Å²) in [6.07, 6.45) is 1.67. The lowest BCUT2D eigenvalue weighted by molar-refractivity contribution is 0.602. The Bertz CT molecular complexity index is 1020. The van der Waals surface area contributed by atoms with Crippen LogP contribution in [0.25, 0.3) is 22.3 Å². The van der Waals surface area contributed by atoms with Crippen LogP contribution < -0.4 is 5.73 Å². The third-order valence-corrected chi connectivity index (χ3v) is 5.10. The first kappa shape index (κ1) is 16.8. The SMILES string of the molecule is CS(=O)(=O)c1ccccc1-c1nc2c(Cl)cccc2nc1CCN. The summed E-state index contributed by atoms with van der Waals surface area (Å²) >= 11 is 6.23. The number of sulfone groups is 1. The molecular formula is C17H16ClN3O2S. The van der Waals surface area contributed by atoms with Crippen molar-refractivity contribution in [3.8, 4) is 11.3 Å². The number of fused-ring (bicyclic) bond motifs is 1. The first-order valence-electron chi connectivity index (χ1n) is 7.36. The van der Waals surface area contributed by atoms with Gasteiger partial charge in [-0.1, -0.05) is 35.9 Å². The van der Waals surface area contributed by atoms with Crippen molar-refractivity contribution in [3.63, 3.8) is 0 Å². The molecular weight excluding hydrogens is 346 g/mol. The third-order valence-electron chi connectivity index (χ3n) is 3.64. The largest absolute Gasteiger partial charge is 0.330 e. The number of hydrogen-bond donors (Lipinski definition) is 1. The molecule has 0 saturated carbocycles. The molecule has 1 heterocycles. The van der Waals surface area contributed by atoms with Gasteiger partial charge in [-0.05, 0) is 24.7 Å². The van der Waals surface area contributed by atoms with Crippen LogP contribution in [-0.4, -0.2) is 31.2 Å². The summed E-state index contributed by atoms with van der Waals surface area (Å²) in [5, 5.41) is 0.470. The molecule has 1 aromatic heterocycles. The van der Waals surface area contributed by atoms with E-state index < -0.39 is 9.84 Å². The lowest BCUT2D eigenvalue weighted by atomic mass is 10.1. The van der Waals surface area contributed by atoms with Gasteiger partial charge in [0.05, 0.1) is 26.8 Å². The lowest BCUT2D eigenvalue weighted by Gasteiger charge is -2.13. The lowest BCUT2D eigenvalue weighted by Crippen LogP contribution is -2.09. The number of nitrogens with zero attached hydrogens (tertiary/aromatic N) is 2. The van der Waals surface area contributed by atoms with Crippen LogP contribution in [0.3, 0.4) is 0 Å². The van der Waals surface area contributed by atoms with Gasteiger partial charge in [0.15, 0.2) is 9.84 Å². The Morgan fingerprint density at radius 3 is 2.54 bits per heavy atom. The maximum Gasteiger partial charge on any atom is 0.176 e. The topological polar surface area (TPSA) is 85.9 Å². The van der Waals surface area contributed by atoms with E-state index in [9.17, 15) is 8.42 Å². The molecule has 0 amide bonds. The summed E-state index contributed by atoms with van der Waals surface area (Å²) in [4.78, 5) is 9.44. The van der Waals surface area contributed by atoms with Crippen LogP contribution in [0.15, 0.2) is 47.4 Å². The molecule has 124 valence electrons. The minimum absolute atomic E-state index is 0.212. The molecule has 0 aliphatic carbocycles. The number of rotatable bonds is 4. The van der Waals surface area contributed by atoms with Crippen LogP contribution in [0, 0.1) is 0 Å². The van der Waals surface area contributed by atoms with Crippen LogP contribution in [0.2, 0.25) is 5.02 Å². The molecule has 0 atom stereocenters. The van der Waals surface area contributed by atoms with Crippen molar-refractivity contribution in [2.24, 2.45) is 5.73 Å². The predicted molar refractivity (Wildman–Crippen MR) is 95.9 cm³/mol. The van der Waals surface area contributed by atoms with Crippen LogP contribution >= 0.6 is 11.6 Å². The summed E-state index contributed by atoms with van der Waals surface area (Å²) in [6, 6.07) is 12.1. The molecule has 7 heteroatoms. The highest BCUT2D eigenvalue weighted by molar-refractivity contribution is 7.90. The molecule has 24 heavy (non-hydrogen) atoms. The maximum absolute atomic E-state index is 12.1. The minimum atomic E-state index is -3.41. The van der Waals surface area contributed by atoms with Gasteiger partial charge in [-0.15, -0.1) is 0 Å². The number of aromatic nitrogens is 2. The number of benzene rings is 2. The van der Waals surface area contributed by atoms with Gasteiger partial charge in [-0.25, -0.2) is 18.4 Å². The molecule has 3 aromatic rings. The first-order chi connectivity index (χ1) is 11.4. The van der Waals surface area contributed by atoms with Crippen LogP contribution in [0.4, 0.5) is 0 Å². The van der Waals surface area contributed by atoms with Gasteiger partial charge >= 0.3 is 0 Å². The second-order valence-electron chi connectivity index (χ2n) is 5.43. The van der Waals surface area contributed by atoms with Crippen molar-refractivity contribution in [1.29, 1.82) is 0 Å². The van der Waals surface area contributed by atoms with E-state index in [0.717, 1.165) is 0 Å². The van der Waals surface area contributed by atoms with Crippen LogP contribution in [-0.2, 0) is 16.3 Å². The molecule has 0 radical (unpaired) electrons. The van der Waals surface area contributed by atoms with Crippen LogP contribution in [0.1, 0.15) is 5.69 Å². The molecule has 0 unspecified atom stereocenters. The standard InChI is InChI=1S/C17H16ClN3O2S/c1-24(22,23)15-8-3-2-5-11(15)16-14(9-10-19)20-13-7-4-6-12(18)17(13)21-16/h2-8H,9-10,19H2,1H3. The number of hydrogen-bond acceptors (Lipinski definition) is 5. The summed E-state index contributed by atoms with van der Waals surface area (Å²) in [5.74, 6) is 0. The van der Waals surface area contributed by atoms with Gasteiger partial charge in [0.25, 0.3) is 0 Å². The molecule has 2 N–H and O–H groups in total. The Balaban J connectivity index is 2.37. The van der Waals surface area contributed by atoms with Gasteiger partial charge in [0.2, 0.25) is 0 Å². The second kappa shape index (κ2) is 6.47. The Labute approximate surface area is 145 Å². The predicted octanol–water partition coefficient (Wildman–Crippen LogP) is 2.85. The van der Waals surface area contributed by atoms with E-state index in [-0.39, 0.29) is 4.90 Å². The van der Waals surface area contributed by atoms with Gasteiger partial charge in [-0.3, -0.25) is 0 Å². The molecule has 5 nitrogen and oxygen atoms in total. The van der Waals surface area contributed by atoms with Crippen molar-refractivity contribution >= 4 is 32.5 Å². The average Bonchev–Trinajstić information content (AvgIpc) is 2.54. The summed E-state index contributed by atoms with van der Waals surface area (Å²) in [7, 11) is -3.41. The Kier molecular flexibility index (Phi) is 4.54. The highest BCUT2D eigenvalue weighted by atomic mass is 35.5. The summed E-state index contributed by atoms with van der Waals surface area (Å²) in [5.41, 5.74) is 8.56. The summed E-state index contributed by atoms with van der Waals surface area (Å²) in [6.45, 7) is 0.384. The first-order valence-corrected chi connectivity index (χ1v) is 9.63. The van der Waals surface area contributed by atoms with E-state index in [0.29, 0.717) is 46.0 Å². The normalized spacial score (nSPS) is 11.8. The van der Waals surface area contributed by atoms with E-state index in [2.05, 4.69) is 9.97 Å². The van der Waals surface area contributed by atoms with E-state index in [1.807, 2.05) is 6.07 Å². The van der Waals surface area contributed by atoms with Crippen LogP contribution in [0.5, 0.6) is 0 Å². The van der Waals surface area contributed by atoms with E-state index >= 15 is 0 Å². The van der Waals surface area contributed by atoms with Gasteiger partial charge in [0, 0.05) is 18.2 Å².